The third kappa shape index (κ3) is 3.40. The number of imidazole rings is 1. The second-order valence-electron chi connectivity index (χ2n) is 5.48. The summed E-state index contributed by atoms with van der Waals surface area (Å²) in [6.45, 7) is 2.18. The molecule has 2 N–H and O–H groups in total. The van der Waals surface area contributed by atoms with Gasteiger partial charge in [-0.25, -0.2) is 4.98 Å². The van der Waals surface area contributed by atoms with E-state index in [1.165, 1.54) is 0 Å². The molecule has 0 saturated heterocycles. The van der Waals surface area contributed by atoms with Gasteiger partial charge in [-0.3, -0.25) is 4.79 Å². The second kappa shape index (κ2) is 6.24. The fourth-order valence-electron chi connectivity index (χ4n) is 2.36. The van der Waals surface area contributed by atoms with Crippen molar-refractivity contribution in [3.63, 3.8) is 0 Å². The molecule has 0 bridgehead atoms. The molecule has 0 saturated carbocycles. The van der Waals surface area contributed by atoms with Crippen LogP contribution >= 0.6 is 0 Å². The number of aromatic nitrogens is 2. The molecule has 2 rings (SSSR count). The molecule has 0 fully saturated rings. The summed E-state index contributed by atoms with van der Waals surface area (Å²) in [5.41, 5.74) is 1.70. The molecule has 1 atom stereocenters. The number of aryl methyl sites for hydroxylation is 1. The predicted octanol–water partition coefficient (Wildman–Crippen LogP) is 1.09. The SMILES string of the molecule is COCC(C)(CCO)NC(=O)c1ccc2c(c1)ncn2C. The van der Waals surface area contributed by atoms with Crippen LogP contribution in [0.1, 0.15) is 23.7 Å². The van der Waals surface area contributed by atoms with Gasteiger partial charge >= 0.3 is 0 Å². The molecule has 6 nitrogen and oxygen atoms in total. The van der Waals surface area contributed by atoms with Crippen molar-refractivity contribution in [2.24, 2.45) is 7.05 Å². The van der Waals surface area contributed by atoms with E-state index >= 15 is 0 Å². The Labute approximate surface area is 123 Å². The molecule has 1 heterocycles. The number of aliphatic hydroxyl groups excluding tert-OH is 1. The van der Waals surface area contributed by atoms with Gasteiger partial charge in [0.2, 0.25) is 0 Å². The maximum atomic E-state index is 12.4. The average molecular weight is 291 g/mol. The predicted molar refractivity (Wildman–Crippen MR) is 80.2 cm³/mol. The van der Waals surface area contributed by atoms with Crippen molar-refractivity contribution >= 4 is 16.9 Å². The molecule has 6 heteroatoms. The number of carbonyl (C=O) groups is 1. The third-order valence-corrected chi connectivity index (χ3v) is 3.53. The lowest BCUT2D eigenvalue weighted by Crippen LogP contribution is -2.50. The first kappa shape index (κ1) is 15.5. The van der Waals surface area contributed by atoms with E-state index in [2.05, 4.69) is 10.3 Å². The molecule has 0 radical (unpaired) electrons. The van der Waals surface area contributed by atoms with Crippen LogP contribution in [0.2, 0.25) is 0 Å². The fraction of sp³-hybridized carbons (Fsp3) is 0.467. The lowest BCUT2D eigenvalue weighted by atomic mass is 9.98. The number of hydrogen-bond donors (Lipinski definition) is 2. The van der Waals surface area contributed by atoms with Crippen molar-refractivity contribution in [1.29, 1.82) is 0 Å². The van der Waals surface area contributed by atoms with E-state index < -0.39 is 5.54 Å². The number of hydrogen-bond acceptors (Lipinski definition) is 4. The summed E-state index contributed by atoms with van der Waals surface area (Å²) >= 11 is 0. The monoisotopic (exact) mass is 291 g/mol. The first-order valence-corrected chi connectivity index (χ1v) is 6.82. The molecule has 21 heavy (non-hydrogen) atoms. The Balaban J connectivity index is 2.20. The van der Waals surface area contributed by atoms with E-state index in [9.17, 15) is 4.79 Å². The van der Waals surface area contributed by atoms with Crippen LogP contribution in [0.3, 0.4) is 0 Å². The molecule has 1 aromatic carbocycles. The van der Waals surface area contributed by atoms with Crippen molar-refractivity contribution < 1.29 is 14.6 Å². The van der Waals surface area contributed by atoms with E-state index in [4.69, 9.17) is 9.84 Å². The highest BCUT2D eigenvalue weighted by Gasteiger charge is 2.26. The van der Waals surface area contributed by atoms with Crippen LogP contribution in [-0.2, 0) is 11.8 Å². The number of nitrogens with zero attached hydrogens (tertiary/aromatic N) is 2. The molecule has 1 unspecified atom stereocenters. The lowest BCUT2D eigenvalue weighted by molar-refractivity contribution is 0.0725. The minimum Gasteiger partial charge on any atom is -0.396 e. The first-order chi connectivity index (χ1) is 9.99. The van der Waals surface area contributed by atoms with Crippen molar-refractivity contribution in [3.05, 3.63) is 30.1 Å². The smallest absolute Gasteiger partial charge is 0.251 e. The Hall–Kier alpha value is -1.92. The van der Waals surface area contributed by atoms with Crippen LogP contribution in [0.5, 0.6) is 0 Å². The Morgan fingerprint density at radius 2 is 2.29 bits per heavy atom. The van der Waals surface area contributed by atoms with Crippen LogP contribution in [0.4, 0.5) is 0 Å². The number of fused-ring (bicyclic) bond motifs is 1. The number of nitrogens with one attached hydrogen (secondary N) is 1. The van der Waals surface area contributed by atoms with Gasteiger partial charge in [0.15, 0.2) is 0 Å². The van der Waals surface area contributed by atoms with Crippen LogP contribution in [0.25, 0.3) is 11.0 Å². The molecule has 2 aromatic rings. The zero-order valence-corrected chi connectivity index (χ0v) is 12.6. The van der Waals surface area contributed by atoms with Gasteiger partial charge in [-0.2, -0.15) is 0 Å². The zero-order chi connectivity index (χ0) is 15.5. The molecule has 0 aliphatic carbocycles. The minimum absolute atomic E-state index is 0.0145. The van der Waals surface area contributed by atoms with Crippen molar-refractivity contribution in [2.75, 3.05) is 20.3 Å². The maximum Gasteiger partial charge on any atom is 0.251 e. The maximum absolute atomic E-state index is 12.4. The summed E-state index contributed by atoms with van der Waals surface area (Å²) < 4.78 is 7.03. The summed E-state index contributed by atoms with van der Waals surface area (Å²) in [6.07, 6.45) is 2.14. The highest BCUT2D eigenvalue weighted by Crippen LogP contribution is 2.16. The van der Waals surface area contributed by atoms with E-state index in [1.807, 2.05) is 24.6 Å². The van der Waals surface area contributed by atoms with Gasteiger partial charge in [0, 0.05) is 26.3 Å². The molecular formula is C15H21N3O3. The summed E-state index contributed by atoms with van der Waals surface area (Å²) in [5.74, 6) is -0.199. The number of amides is 1. The van der Waals surface area contributed by atoms with Crippen molar-refractivity contribution in [1.82, 2.24) is 14.9 Å². The number of methoxy groups -OCH3 is 1. The zero-order valence-electron chi connectivity index (χ0n) is 12.6. The summed E-state index contributed by atoms with van der Waals surface area (Å²) in [6, 6.07) is 5.40. The van der Waals surface area contributed by atoms with Gasteiger partial charge in [0.05, 0.1) is 29.5 Å². The van der Waals surface area contributed by atoms with Crippen molar-refractivity contribution in [3.8, 4) is 0 Å². The molecular weight excluding hydrogens is 270 g/mol. The van der Waals surface area contributed by atoms with Gasteiger partial charge < -0.3 is 19.7 Å². The van der Waals surface area contributed by atoms with Gasteiger partial charge in [-0.05, 0) is 31.5 Å². The van der Waals surface area contributed by atoms with E-state index in [-0.39, 0.29) is 12.5 Å². The van der Waals surface area contributed by atoms with Crippen LogP contribution in [0, 0.1) is 0 Å². The standard InChI is InChI=1S/C15H21N3O3/c1-15(6-7-19,9-21-3)17-14(20)11-4-5-13-12(8-11)16-10-18(13)2/h4-5,8,10,19H,6-7,9H2,1-3H3,(H,17,20). The lowest BCUT2D eigenvalue weighted by Gasteiger charge is -2.29. The quantitative estimate of drug-likeness (QED) is 0.835. The summed E-state index contributed by atoms with van der Waals surface area (Å²) in [5, 5.41) is 12.1. The molecule has 0 spiro atoms. The Kier molecular flexibility index (Phi) is 4.59. The van der Waals surface area contributed by atoms with E-state index in [0.717, 1.165) is 11.0 Å². The number of carbonyl (C=O) groups excluding carboxylic acids is 1. The largest absolute Gasteiger partial charge is 0.396 e. The van der Waals surface area contributed by atoms with Crippen LogP contribution in [-0.4, -0.2) is 46.4 Å². The van der Waals surface area contributed by atoms with Crippen molar-refractivity contribution in [2.45, 2.75) is 18.9 Å². The van der Waals surface area contributed by atoms with Crippen LogP contribution < -0.4 is 5.32 Å². The third-order valence-electron chi connectivity index (χ3n) is 3.53. The van der Waals surface area contributed by atoms with Crippen LogP contribution in [0.15, 0.2) is 24.5 Å². The summed E-state index contributed by atoms with van der Waals surface area (Å²) in [7, 11) is 3.48. The minimum atomic E-state index is -0.598. The fourth-order valence-corrected chi connectivity index (χ4v) is 2.36. The number of rotatable bonds is 6. The first-order valence-electron chi connectivity index (χ1n) is 6.82. The Morgan fingerprint density at radius 3 is 2.95 bits per heavy atom. The Morgan fingerprint density at radius 1 is 1.52 bits per heavy atom. The van der Waals surface area contributed by atoms with E-state index in [0.29, 0.717) is 18.6 Å². The van der Waals surface area contributed by atoms with E-state index in [1.54, 1.807) is 25.6 Å². The molecule has 1 amide bonds. The number of ether oxygens (including phenoxy) is 1. The van der Waals surface area contributed by atoms with Gasteiger partial charge in [0.1, 0.15) is 0 Å². The summed E-state index contributed by atoms with van der Waals surface area (Å²) in [4.78, 5) is 16.6. The topological polar surface area (TPSA) is 76.4 Å². The second-order valence-corrected chi connectivity index (χ2v) is 5.48. The average Bonchev–Trinajstić information content (AvgIpc) is 2.80. The van der Waals surface area contributed by atoms with Gasteiger partial charge in [-0.15, -0.1) is 0 Å². The molecule has 114 valence electrons. The molecule has 1 aromatic heterocycles. The van der Waals surface area contributed by atoms with Gasteiger partial charge in [0.25, 0.3) is 5.91 Å². The highest BCUT2D eigenvalue weighted by atomic mass is 16.5. The number of benzene rings is 1. The normalized spacial score (nSPS) is 14.1. The Bertz CT molecular complexity index is 630. The molecule has 0 aliphatic rings. The molecule has 0 aliphatic heterocycles. The highest BCUT2D eigenvalue weighted by molar-refractivity contribution is 5.97. The number of aliphatic hydroxyl groups is 1. The van der Waals surface area contributed by atoms with Gasteiger partial charge in [-0.1, -0.05) is 0 Å².